The van der Waals surface area contributed by atoms with E-state index >= 15 is 0 Å². The van der Waals surface area contributed by atoms with Gasteiger partial charge in [0.15, 0.2) is 5.69 Å². The van der Waals surface area contributed by atoms with Crippen LogP contribution in [0.3, 0.4) is 0 Å². The van der Waals surface area contributed by atoms with Gasteiger partial charge in [-0.1, -0.05) is 18.2 Å². The number of carbonyl (C=O) groups is 1. The van der Waals surface area contributed by atoms with Crippen LogP contribution in [0.5, 0.6) is 0 Å². The van der Waals surface area contributed by atoms with Gasteiger partial charge in [-0.15, -0.1) is 4.68 Å². The van der Waals surface area contributed by atoms with Crippen molar-refractivity contribution >= 4 is 17.7 Å². The van der Waals surface area contributed by atoms with Crippen molar-refractivity contribution in [3.63, 3.8) is 0 Å². The van der Waals surface area contributed by atoms with Crippen LogP contribution in [0.25, 0.3) is 5.69 Å². The molecule has 0 aliphatic heterocycles. The number of hydrogen-bond acceptors (Lipinski definition) is 3. The number of amides is 1. The first-order chi connectivity index (χ1) is 9.96. The standard InChI is InChI=1S/C15H20N4OS/c1-15(2,3)18-13(20)9-10-21-14-16-11-17-19(14)12-7-5-4-6-8-12/h4-8,11H,9-10H2,1-3H3,(H,18,20)/p+1. The summed E-state index contributed by atoms with van der Waals surface area (Å²) in [5.41, 5.74) is 0.842. The third-order valence-electron chi connectivity index (χ3n) is 2.64. The average Bonchev–Trinajstić information content (AvgIpc) is 2.86. The fourth-order valence-corrected chi connectivity index (χ4v) is 2.72. The zero-order valence-corrected chi connectivity index (χ0v) is 13.4. The van der Waals surface area contributed by atoms with Crippen LogP contribution >= 0.6 is 11.8 Å². The maximum Gasteiger partial charge on any atom is 0.385 e. The molecule has 0 unspecified atom stereocenters. The number of para-hydroxylation sites is 1. The minimum absolute atomic E-state index is 0.0665. The molecule has 0 saturated heterocycles. The highest BCUT2D eigenvalue weighted by atomic mass is 32.2. The molecule has 0 fully saturated rings. The Hall–Kier alpha value is -1.82. The van der Waals surface area contributed by atoms with Crippen molar-refractivity contribution < 1.29 is 9.48 Å². The van der Waals surface area contributed by atoms with E-state index in [1.54, 1.807) is 18.1 Å². The van der Waals surface area contributed by atoms with E-state index in [0.717, 1.165) is 10.8 Å². The molecular formula is C15H21N4OS+. The minimum Gasteiger partial charge on any atom is -0.351 e. The molecule has 2 rings (SSSR count). The van der Waals surface area contributed by atoms with E-state index < -0.39 is 0 Å². The number of nitrogens with zero attached hydrogens (tertiary/aromatic N) is 2. The molecule has 0 bridgehead atoms. The second-order valence-electron chi connectivity index (χ2n) is 5.74. The Morgan fingerprint density at radius 2 is 2.05 bits per heavy atom. The van der Waals surface area contributed by atoms with E-state index in [2.05, 4.69) is 15.4 Å². The summed E-state index contributed by atoms with van der Waals surface area (Å²) in [6, 6.07) is 9.95. The topological polar surface area (TPSA) is 61.7 Å². The Morgan fingerprint density at radius 3 is 2.71 bits per heavy atom. The number of carbonyl (C=O) groups excluding carboxylic acids is 1. The fraction of sp³-hybridized carbons (Fsp3) is 0.400. The lowest BCUT2D eigenvalue weighted by molar-refractivity contribution is -0.694. The molecule has 0 atom stereocenters. The van der Waals surface area contributed by atoms with Crippen LogP contribution in [0.1, 0.15) is 27.2 Å². The van der Waals surface area contributed by atoms with Gasteiger partial charge in [-0.2, -0.15) is 5.10 Å². The number of benzene rings is 1. The normalized spacial score (nSPS) is 11.4. The van der Waals surface area contributed by atoms with Gasteiger partial charge in [-0.3, -0.25) is 4.79 Å². The third kappa shape index (κ3) is 4.90. The highest BCUT2D eigenvalue weighted by molar-refractivity contribution is 7.99. The largest absolute Gasteiger partial charge is 0.385 e. The van der Waals surface area contributed by atoms with Crippen LogP contribution in [0.15, 0.2) is 41.8 Å². The molecule has 0 aliphatic rings. The molecule has 1 amide bonds. The second-order valence-corrected chi connectivity index (χ2v) is 6.80. The van der Waals surface area contributed by atoms with Crippen LogP contribution in [-0.4, -0.2) is 27.3 Å². The van der Waals surface area contributed by atoms with Crippen molar-refractivity contribution in [1.82, 2.24) is 15.4 Å². The first-order valence-corrected chi connectivity index (χ1v) is 7.89. The van der Waals surface area contributed by atoms with Gasteiger partial charge in [0.25, 0.3) is 0 Å². The predicted molar refractivity (Wildman–Crippen MR) is 83.4 cm³/mol. The minimum atomic E-state index is -0.183. The van der Waals surface area contributed by atoms with Gasteiger partial charge >= 0.3 is 5.16 Å². The molecule has 0 spiro atoms. The maximum absolute atomic E-state index is 11.8. The maximum atomic E-state index is 11.8. The quantitative estimate of drug-likeness (QED) is 0.657. The van der Waals surface area contributed by atoms with Gasteiger partial charge in [-0.25, -0.2) is 0 Å². The first kappa shape index (κ1) is 15.6. The fourth-order valence-electron chi connectivity index (χ4n) is 1.83. The zero-order valence-electron chi connectivity index (χ0n) is 12.6. The van der Waals surface area contributed by atoms with Crippen molar-refractivity contribution in [2.24, 2.45) is 0 Å². The number of aromatic nitrogens is 3. The molecule has 1 aromatic heterocycles. The molecule has 0 radical (unpaired) electrons. The summed E-state index contributed by atoms with van der Waals surface area (Å²) in [6.07, 6.45) is 2.13. The van der Waals surface area contributed by atoms with Crippen LogP contribution < -0.4 is 10.00 Å². The molecule has 6 heteroatoms. The highest BCUT2D eigenvalue weighted by Gasteiger charge is 2.18. The van der Waals surface area contributed by atoms with Gasteiger partial charge in [0, 0.05) is 17.7 Å². The molecule has 1 aromatic carbocycles. The Morgan fingerprint density at radius 1 is 1.33 bits per heavy atom. The molecular weight excluding hydrogens is 284 g/mol. The van der Waals surface area contributed by atoms with Crippen molar-refractivity contribution in [2.75, 3.05) is 5.75 Å². The van der Waals surface area contributed by atoms with Crippen molar-refractivity contribution in [2.45, 2.75) is 37.9 Å². The average molecular weight is 305 g/mol. The number of rotatable bonds is 5. The summed E-state index contributed by atoms with van der Waals surface area (Å²) in [7, 11) is 0. The molecule has 2 N–H and O–H groups in total. The van der Waals surface area contributed by atoms with E-state index in [-0.39, 0.29) is 11.4 Å². The number of aromatic amines is 1. The molecule has 21 heavy (non-hydrogen) atoms. The van der Waals surface area contributed by atoms with Crippen molar-refractivity contribution in [3.8, 4) is 5.69 Å². The Labute approximate surface area is 129 Å². The van der Waals surface area contributed by atoms with Gasteiger partial charge in [0.05, 0.1) is 0 Å². The lowest BCUT2D eigenvalue weighted by Crippen LogP contribution is -2.40. The van der Waals surface area contributed by atoms with E-state index in [4.69, 9.17) is 0 Å². The highest BCUT2D eigenvalue weighted by Crippen LogP contribution is 2.13. The van der Waals surface area contributed by atoms with E-state index in [1.807, 2.05) is 55.8 Å². The summed E-state index contributed by atoms with van der Waals surface area (Å²) < 4.78 is 1.91. The lowest BCUT2D eigenvalue weighted by atomic mass is 10.1. The Bertz CT molecular complexity index is 589. The summed E-state index contributed by atoms with van der Waals surface area (Å²) in [6.45, 7) is 5.94. The number of thioether (sulfide) groups is 1. The summed E-state index contributed by atoms with van der Waals surface area (Å²) >= 11 is 1.56. The van der Waals surface area contributed by atoms with E-state index in [9.17, 15) is 4.79 Å². The molecule has 2 aromatic rings. The van der Waals surface area contributed by atoms with Gasteiger partial charge in [-0.05, 0) is 49.6 Å². The number of H-pyrrole nitrogens is 1. The summed E-state index contributed by atoms with van der Waals surface area (Å²) in [4.78, 5) is 16.1. The first-order valence-electron chi connectivity index (χ1n) is 6.90. The Balaban J connectivity index is 1.91. The van der Waals surface area contributed by atoms with Crippen LogP contribution in [0.2, 0.25) is 0 Å². The molecule has 5 nitrogen and oxygen atoms in total. The molecule has 1 heterocycles. The zero-order chi connectivity index (χ0) is 15.3. The van der Waals surface area contributed by atoms with Gasteiger partial charge < -0.3 is 5.32 Å². The molecule has 0 saturated carbocycles. The van der Waals surface area contributed by atoms with E-state index in [1.165, 1.54) is 0 Å². The van der Waals surface area contributed by atoms with Crippen molar-refractivity contribution in [1.29, 1.82) is 0 Å². The number of hydrogen-bond donors (Lipinski definition) is 2. The smallest absolute Gasteiger partial charge is 0.351 e. The summed E-state index contributed by atoms with van der Waals surface area (Å²) in [5.74, 6) is 0.761. The second kappa shape index (κ2) is 6.76. The van der Waals surface area contributed by atoms with Crippen LogP contribution in [-0.2, 0) is 4.79 Å². The third-order valence-corrected chi connectivity index (χ3v) is 3.60. The van der Waals surface area contributed by atoms with Gasteiger partial charge in [0.2, 0.25) is 12.2 Å². The van der Waals surface area contributed by atoms with Gasteiger partial charge in [0.1, 0.15) is 0 Å². The predicted octanol–water partition coefficient (Wildman–Crippen LogP) is 2.08. The number of nitrogens with one attached hydrogen (secondary N) is 2. The molecule has 112 valence electrons. The van der Waals surface area contributed by atoms with Crippen LogP contribution in [0.4, 0.5) is 0 Å². The monoisotopic (exact) mass is 305 g/mol. The van der Waals surface area contributed by atoms with E-state index in [0.29, 0.717) is 12.2 Å². The van der Waals surface area contributed by atoms with Crippen LogP contribution in [0, 0.1) is 0 Å². The lowest BCUT2D eigenvalue weighted by Gasteiger charge is -2.20. The van der Waals surface area contributed by atoms with Crippen molar-refractivity contribution in [3.05, 3.63) is 36.7 Å². The summed E-state index contributed by atoms with van der Waals surface area (Å²) in [5, 5.41) is 6.89. The molecule has 0 aliphatic carbocycles. The Kier molecular flexibility index (Phi) is 5.01. The SMILES string of the molecule is CC(C)(C)NC(=O)CCSc1nc[nH][n+]1-c1ccccc1.